The maximum absolute atomic E-state index is 14.1. The zero-order valence-electron chi connectivity index (χ0n) is 17.6. The Kier molecular flexibility index (Phi) is 4.81. The number of likely N-dealkylation sites (N-methyl/N-ethyl adjacent to an activating group) is 1. The number of likely N-dealkylation sites (tertiary alicyclic amines) is 2. The van der Waals surface area contributed by atoms with Crippen LogP contribution in [0.15, 0.2) is 18.2 Å². The summed E-state index contributed by atoms with van der Waals surface area (Å²) in [6.45, 7) is 2.93. The van der Waals surface area contributed by atoms with Crippen LogP contribution in [0.25, 0.3) is 10.9 Å². The Morgan fingerprint density at radius 3 is 2.87 bits per heavy atom. The molecule has 3 fully saturated rings. The van der Waals surface area contributed by atoms with Crippen LogP contribution in [0.4, 0.5) is 4.39 Å². The highest BCUT2D eigenvalue weighted by atomic mass is 19.1. The number of carbonyl (C=O) groups excluding carboxylic acids is 2. The van der Waals surface area contributed by atoms with Crippen molar-refractivity contribution in [3.63, 3.8) is 0 Å². The third kappa shape index (κ3) is 3.20. The van der Waals surface area contributed by atoms with Gasteiger partial charge in [0, 0.05) is 49.6 Å². The lowest BCUT2D eigenvalue weighted by atomic mass is 9.89. The zero-order valence-corrected chi connectivity index (χ0v) is 17.6. The predicted molar refractivity (Wildman–Crippen MR) is 113 cm³/mol. The fraction of sp³-hybridized carbons (Fsp3) is 0.565. The predicted octanol–water partition coefficient (Wildman–Crippen LogP) is 2.96. The highest BCUT2D eigenvalue weighted by Crippen LogP contribution is 2.36. The van der Waals surface area contributed by atoms with Gasteiger partial charge in [0.25, 0.3) is 5.91 Å². The Hall–Kier alpha value is -2.41. The van der Waals surface area contributed by atoms with Gasteiger partial charge in [-0.25, -0.2) is 4.39 Å². The van der Waals surface area contributed by atoms with Crippen molar-refractivity contribution in [1.82, 2.24) is 20.1 Å². The van der Waals surface area contributed by atoms with E-state index in [0.717, 1.165) is 44.2 Å². The molecular weight excluding hydrogens is 383 g/mol. The van der Waals surface area contributed by atoms with Crippen molar-refractivity contribution >= 4 is 22.7 Å². The lowest BCUT2D eigenvalue weighted by Crippen LogP contribution is -2.48. The second-order valence-corrected chi connectivity index (χ2v) is 9.20. The number of nitrogens with zero attached hydrogens (tertiary/aromatic N) is 2. The van der Waals surface area contributed by atoms with Gasteiger partial charge in [-0.05, 0) is 56.7 Å². The van der Waals surface area contributed by atoms with Crippen LogP contribution in [-0.4, -0.2) is 64.4 Å². The molecular formula is C23H29FN4O2. The maximum atomic E-state index is 14.1. The van der Waals surface area contributed by atoms with Gasteiger partial charge in [0.15, 0.2) is 0 Å². The first-order valence-electron chi connectivity index (χ1n) is 11.0. The van der Waals surface area contributed by atoms with Crippen molar-refractivity contribution < 1.29 is 14.0 Å². The summed E-state index contributed by atoms with van der Waals surface area (Å²) in [6, 6.07) is 5.93. The minimum absolute atomic E-state index is 0.0995. The molecule has 3 aliphatic rings. The molecule has 0 radical (unpaired) electrons. The number of aromatic nitrogens is 1. The van der Waals surface area contributed by atoms with Gasteiger partial charge in [-0.15, -0.1) is 0 Å². The van der Waals surface area contributed by atoms with Gasteiger partial charge in [-0.3, -0.25) is 14.5 Å². The average Bonchev–Trinajstić information content (AvgIpc) is 3.42. The second kappa shape index (κ2) is 7.38. The number of amides is 2. The molecule has 5 rings (SSSR count). The number of carbonyl (C=O) groups is 2. The van der Waals surface area contributed by atoms with E-state index in [1.807, 2.05) is 18.9 Å². The molecule has 0 spiro atoms. The number of nitrogens with one attached hydrogen (secondary N) is 2. The molecule has 1 aromatic carbocycles. The number of aromatic amines is 1. The topological polar surface area (TPSA) is 68.4 Å². The Bertz CT molecular complexity index is 963. The van der Waals surface area contributed by atoms with E-state index in [1.54, 1.807) is 12.1 Å². The van der Waals surface area contributed by atoms with E-state index in [-0.39, 0.29) is 23.7 Å². The Labute approximate surface area is 175 Å². The van der Waals surface area contributed by atoms with E-state index >= 15 is 0 Å². The number of H-pyrrole nitrogens is 1. The van der Waals surface area contributed by atoms with Gasteiger partial charge in [-0.2, -0.15) is 0 Å². The molecule has 2 N–H and O–H groups in total. The molecule has 6 nitrogen and oxygen atoms in total. The van der Waals surface area contributed by atoms with Crippen LogP contribution in [0.5, 0.6) is 0 Å². The Balaban J connectivity index is 1.27. The van der Waals surface area contributed by atoms with Crippen LogP contribution >= 0.6 is 0 Å². The summed E-state index contributed by atoms with van der Waals surface area (Å²) < 4.78 is 14.1. The van der Waals surface area contributed by atoms with E-state index in [4.69, 9.17) is 0 Å². The summed E-state index contributed by atoms with van der Waals surface area (Å²) in [6.07, 6.45) is 5.70. The largest absolute Gasteiger partial charge is 0.350 e. The molecule has 160 valence electrons. The van der Waals surface area contributed by atoms with Gasteiger partial charge >= 0.3 is 0 Å². The molecule has 2 saturated heterocycles. The van der Waals surface area contributed by atoms with Crippen molar-refractivity contribution in [1.29, 1.82) is 0 Å². The molecule has 1 saturated carbocycles. The number of aryl methyl sites for hydroxylation is 1. The van der Waals surface area contributed by atoms with Crippen LogP contribution in [-0.2, 0) is 4.79 Å². The van der Waals surface area contributed by atoms with Gasteiger partial charge in [0.05, 0.1) is 5.52 Å². The first-order valence-corrected chi connectivity index (χ1v) is 11.0. The quantitative estimate of drug-likeness (QED) is 0.815. The molecule has 0 unspecified atom stereocenters. The average molecular weight is 413 g/mol. The zero-order chi connectivity index (χ0) is 21.0. The maximum Gasteiger partial charge on any atom is 0.267 e. The summed E-state index contributed by atoms with van der Waals surface area (Å²) in [5.74, 6) is -0.245. The van der Waals surface area contributed by atoms with E-state index < -0.39 is 0 Å². The summed E-state index contributed by atoms with van der Waals surface area (Å²) in [7, 11) is 1.92. The molecule has 2 aliphatic heterocycles. The van der Waals surface area contributed by atoms with E-state index in [9.17, 15) is 14.0 Å². The monoisotopic (exact) mass is 412 g/mol. The normalized spacial score (nSPS) is 29.6. The SMILES string of the molecule is Cc1ccc(F)c2cc(C(=O)N[C@@H]3CCC[C@@H](N4CC[C@H]5[C@@H]4CC(=O)N5C)C3)[nH]c12. The molecule has 2 aromatic rings. The lowest BCUT2D eigenvalue weighted by molar-refractivity contribution is -0.127. The summed E-state index contributed by atoms with van der Waals surface area (Å²) in [5.41, 5.74) is 2.01. The fourth-order valence-corrected chi connectivity index (χ4v) is 5.83. The molecule has 1 aliphatic carbocycles. The standard InChI is InChI=1S/C23H29FN4O2/c1-13-6-7-17(24)16-11-18(26-22(13)16)23(30)25-14-4-3-5-15(10-14)28-9-8-19-20(28)12-21(29)27(19)2/h6-7,11,14-15,19-20,26H,3-5,8-10,12H2,1-2H3,(H,25,30)/t14-,15-,19+,20+/m1/s1. The third-order valence-electron chi connectivity index (χ3n) is 7.47. The number of halogens is 1. The number of rotatable bonds is 3. The molecule has 3 heterocycles. The number of benzene rings is 1. The van der Waals surface area contributed by atoms with Crippen molar-refractivity contribution in [2.75, 3.05) is 13.6 Å². The Morgan fingerprint density at radius 1 is 1.23 bits per heavy atom. The summed E-state index contributed by atoms with van der Waals surface area (Å²) in [4.78, 5) is 32.5. The number of fused-ring (bicyclic) bond motifs is 2. The molecule has 30 heavy (non-hydrogen) atoms. The molecule has 2 amide bonds. The molecule has 4 atom stereocenters. The van der Waals surface area contributed by atoms with Crippen molar-refractivity contribution in [3.05, 3.63) is 35.3 Å². The van der Waals surface area contributed by atoms with Crippen LogP contribution in [0, 0.1) is 12.7 Å². The first kappa shape index (κ1) is 19.5. The number of hydrogen-bond acceptors (Lipinski definition) is 3. The fourth-order valence-electron chi connectivity index (χ4n) is 5.83. The van der Waals surface area contributed by atoms with E-state index in [2.05, 4.69) is 15.2 Å². The highest BCUT2D eigenvalue weighted by Gasteiger charge is 2.47. The number of hydrogen-bond donors (Lipinski definition) is 2. The lowest BCUT2D eigenvalue weighted by Gasteiger charge is -2.38. The van der Waals surface area contributed by atoms with E-state index in [1.165, 1.54) is 6.07 Å². The van der Waals surface area contributed by atoms with Gasteiger partial charge in [0.1, 0.15) is 11.5 Å². The minimum atomic E-state index is -0.316. The first-order chi connectivity index (χ1) is 14.4. The van der Waals surface area contributed by atoms with Crippen LogP contribution in [0.1, 0.15) is 54.6 Å². The smallest absolute Gasteiger partial charge is 0.267 e. The minimum Gasteiger partial charge on any atom is -0.350 e. The van der Waals surface area contributed by atoms with Crippen LogP contribution in [0.2, 0.25) is 0 Å². The third-order valence-corrected chi connectivity index (χ3v) is 7.47. The molecule has 1 aromatic heterocycles. The van der Waals surface area contributed by atoms with Crippen molar-refractivity contribution in [2.24, 2.45) is 0 Å². The second-order valence-electron chi connectivity index (χ2n) is 9.20. The molecule has 7 heteroatoms. The summed E-state index contributed by atoms with van der Waals surface area (Å²) >= 11 is 0. The van der Waals surface area contributed by atoms with Crippen LogP contribution in [0.3, 0.4) is 0 Å². The van der Waals surface area contributed by atoms with Gasteiger partial charge < -0.3 is 15.2 Å². The van der Waals surface area contributed by atoms with Crippen molar-refractivity contribution in [3.8, 4) is 0 Å². The van der Waals surface area contributed by atoms with Crippen molar-refractivity contribution in [2.45, 2.75) is 69.6 Å². The van der Waals surface area contributed by atoms with E-state index in [0.29, 0.717) is 41.1 Å². The molecule has 0 bridgehead atoms. The van der Waals surface area contributed by atoms with Gasteiger partial charge in [-0.1, -0.05) is 6.07 Å². The van der Waals surface area contributed by atoms with Gasteiger partial charge in [0.2, 0.25) is 5.91 Å². The highest BCUT2D eigenvalue weighted by molar-refractivity contribution is 5.99. The summed E-state index contributed by atoms with van der Waals surface area (Å²) in [5, 5.41) is 3.63. The van der Waals surface area contributed by atoms with Crippen LogP contribution < -0.4 is 5.32 Å². The Morgan fingerprint density at radius 2 is 2.07 bits per heavy atom.